The van der Waals surface area contributed by atoms with Crippen LogP contribution in [-0.4, -0.2) is 29.2 Å². The molecule has 1 aromatic carbocycles. The van der Waals surface area contributed by atoms with Gasteiger partial charge in [-0.15, -0.1) is 10.2 Å². The molecule has 3 aromatic rings. The highest BCUT2D eigenvalue weighted by Crippen LogP contribution is 2.21. The van der Waals surface area contributed by atoms with Crippen LogP contribution in [0.1, 0.15) is 29.0 Å². The summed E-state index contributed by atoms with van der Waals surface area (Å²) in [5, 5.41) is 11.5. The highest BCUT2D eigenvalue weighted by Gasteiger charge is 2.14. The van der Waals surface area contributed by atoms with Crippen LogP contribution in [0.5, 0.6) is 0 Å². The average Bonchev–Trinajstić information content (AvgIpc) is 3.40. The van der Waals surface area contributed by atoms with Crippen molar-refractivity contribution in [3.63, 3.8) is 0 Å². The first-order valence-corrected chi connectivity index (χ1v) is 8.79. The van der Waals surface area contributed by atoms with Crippen molar-refractivity contribution in [2.45, 2.75) is 19.4 Å². The zero-order valence-electron chi connectivity index (χ0n) is 14.4. The van der Waals surface area contributed by atoms with Crippen molar-refractivity contribution in [1.29, 1.82) is 0 Å². The Kier molecular flexibility index (Phi) is 4.64. The second kappa shape index (κ2) is 7.39. The molecule has 0 atom stereocenters. The van der Waals surface area contributed by atoms with Gasteiger partial charge in [-0.1, -0.05) is 12.1 Å². The number of nitrogens with one attached hydrogen (secondary N) is 1. The number of nitrogens with zero attached hydrogens (tertiary/aromatic N) is 3. The first-order chi connectivity index (χ1) is 12.8. The number of carbonyl (C=O) groups excluding carboxylic acids is 1. The monoisotopic (exact) mass is 348 g/mol. The lowest BCUT2D eigenvalue weighted by molar-refractivity contribution is 0.0948. The molecule has 1 aliphatic heterocycles. The third kappa shape index (κ3) is 3.59. The Morgan fingerprint density at radius 1 is 1.08 bits per heavy atom. The molecule has 0 spiro atoms. The van der Waals surface area contributed by atoms with Gasteiger partial charge in [0, 0.05) is 24.2 Å². The van der Waals surface area contributed by atoms with Crippen molar-refractivity contribution in [3.8, 4) is 11.3 Å². The van der Waals surface area contributed by atoms with Crippen LogP contribution in [0.4, 0.5) is 5.82 Å². The molecule has 6 nitrogen and oxygen atoms in total. The lowest BCUT2D eigenvalue weighted by Gasteiger charge is -2.15. The quantitative estimate of drug-likeness (QED) is 0.766. The smallest absolute Gasteiger partial charge is 0.251 e. The van der Waals surface area contributed by atoms with Crippen LogP contribution >= 0.6 is 0 Å². The van der Waals surface area contributed by atoms with Gasteiger partial charge in [0.2, 0.25) is 0 Å². The van der Waals surface area contributed by atoms with E-state index in [-0.39, 0.29) is 5.91 Å². The van der Waals surface area contributed by atoms with Crippen molar-refractivity contribution < 1.29 is 9.21 Å². The standard InChI is InChI=1S/C20H20N4O2/c25-20(21-14-17-7-4-12-26-17)16-6-3-5-15(13-16)18-8-9-19(23-22-18)24-10-1-2-11-24/h3-9,12-13H,1-2,10-11,14H2,(H,21,25). The maximum absolute atomic E-state index is 12.4. The third-order valence-corrected chi connectivity index (χ3v) is 4.50. The second-order valence-electron chi connectivity index (χ2n) is 6.31. The van der Waals surface area contributed by atoms with Crippen molar-refractivity contribution in [1.82, 2.24) is 15.5 Å². The molecule has 132 valence electrons. The Morgan fingerprint density at radius 3 is 2.69 bits per heavy atom. The first-order valence-electron chi connectivity index (χ1n) is 8.79. The van der Waals surface area contributed by atoms with Crippen molar-refractivity contribution >= 4 is 11.7 Å². The van der Waals surface area contributed by atoms with Gasteiger partial charge in [-0.2, -0.15) is 0 Å². The molecular weight excluding hydrogens is 328 g/mol. The number of aromatic nitrogens is 2. The molecule has 4 rings (SSSR count). The van der Waals surface area contributed by atoms with Gasteiger partial charge in [-0.25, -0.2) is 0 Å². The summed E-state index contributed by atoms with van der Waals surface area (Å²) in [4.78, 5) is 14.6. The predicted molar refractivity (Wildman–Crippen MR) is 98.8 cm³/mol. The maximum Gasteiger partial charge on any atom is 0.251 e. The van der Waals surface area contributed by atoms with Crippen molar-refractivity contribution in [2.24, 2.45) is 0 Å². The summed E-state index contributed by atoms with van der Waals surface area (Å²) in [6.07, 6.45) is 4.00. The molecule has 2 aromatic heterocycles. The highest BCUT2D eigenvalue weighted by atomic mass is 16.3. The van der Waals surface area contributed by atoms with Gasteiger partial charge in [-0.05, 0) is 49.2 Å². The molecule has 0 radical (unpaired) electrons. The largest absolute Gasteiger partial charge is 0.467 e. The van der Waals surface area contributed by atoms with Crippen LogP contribution in [0.2, 0.25) is 0 Å². The lowest BCUT2D eigenvalue weighted by Crippen LogP contribution is -2.22. The molecule has 1 N–H and O–H groups in total. The topological polar surface area (TPSA) is 71.3 Å². The summed E-state index contributed by atoms with van der Waals surface area (Å²) in [6.45, 7) is 2.44. The normalized spacial score (nSPS) is 13.8. The zero-order valence-corrected chi connectivity index (χ0v) is 14.4. The molecular formula is C20H20N4O2. The summed E-state index contributed by atoms with van der Waals surface area (Å²) < 4.78 is 5.23. The molecule has 1 aliphatic rings. The number of hydrogen-bond donors (Lipinski definition) is 1. The molecule has 26 heavy (non-hydrogen) atoms. The van der Waals surface area contributed by atoms with E-state index >= 15 is 0 Å². The Hall–Kier alpha value is -3.15. The minimum Gasteiger partial charge on any atom is -0.467 e. The minimum atomic E-state index is -0.148. The van der Waals surface area contributed by atoms with Gasteiger partial charge in [0.15, 0.2) is 5.82 Å². The molecule has 6 heteroatoms. The summed E-state index contributed by atoms with van der Waals surface area (Å²) >= 11 is 0. The zero-order chi connectivity index (χ0) is 17.8. The number of rotatable bonds is 5. The second-order valence-corrected chi connectivity index (χ2v) is 6.31. The predicted octanol–water partition coefficient (Wildman–Crippen LogP) is 3.27. The van der Waals surface area contributed by atoms with Crippen LogP contribution in [0, 0.1) is 0 Å². The minimum absolute atomic E-state index is 0.148. The molecule has 0 unspecified atom stereocenters. The third-order valence-electron chi connectivity index (χ3n) is 4.50. The van der Waals surface area contributed by atoms with E-state index in [9.17, 15) is 4.79 Å². The Balaban J connectivity index is 1.47. The Labute approximate surface area is 151 Å². The molecule has 3 heterocycles. The van der Waals surface area contributed by atoms with E-state index in [1.807, 2.05) is 36.4 Å². The number of hydrogen-bond acceptors (Lipinski definition) is 5. The number of amides is 1. The van der Waals surface area contributed by atoms with Crippen LogP contribution in [-0.2, 0) is 6.54 Å². The van der Waals surface area contributed by atoms with Gasteiger partial charge in [0.25, 0.3) is 5.91 Å². The molecule has 1 amide bonds. The molecule has 0 bridgehead atoms. The number of furan rings is 1. The Morgan fingerprint density at radius 2 is 1.96 bits per heavy atom. The Bertz CT molecular complexity index is 869. The summed E-state index contributed by atoms with van der Waals surface area (Å²) in [5.41, 5.74) is 2.21. The van der Waals surface area contributed by atoms with E-state index in [4.69, 9.17) is 4.42 Å². The van der Waals surface area contributed by atoms with Crippen LogP contribution < -0.4 is 10.2 Å². The van der Waals surface area contributed by atoms with Crippen LogP contribution in [0.3, 0.4) is 0 Å². The van der Waals surface area contributed by atoms with Gasteiger partial charge in [-0.3, -0.25) is 4.79 Å². The number of benzene rings is 1. The maximum atomic E-state index is 12.4. The van der Waals surface area contributed by atoms with E-state index in [1.165, 1.54) is 12.8 Å². The highest BCUT2D eigenvalue weighted by molar-refractivity contribution is 5.95. The van der Waals surface area contributed by atoms with Gasteiger partial charge in [0.1, 0.15) is 5.76 Å². The van der Waals surface area contributed by atoms with E-state index in [0.29, 0.717) is 12.1 Å². The lowest BCUT2D eigenvalue weighted by atomic mass is 10.1. The first kappa shape index (κ1) is 16.3. The molecule has 0 saturated carbocycles. The van der Waals surface area contributed by atoms with Gasteiger partial charge in [0.05, 0.1) is 18.5 Å². The molecule has 0 aliphatic carbocycles. The van der Waals surface area contributed by atoms with E-state index in [0.717, 1.165) is 35.9 Å². The van der Waals surface area contributed by atoms with E-state index in [1.54, 1.807) is 18.4 Å². The number of carbonyl (C=O) groups is 1. The summed E-state index contributed by atoms with van der Waals surface area (Å²) in [7, 11) is 0. The fourth-order valence-corrected chi connectivity index (χ4v) is 3.10. The van der Waals surface area contributed by atoms with Gasteiger partial charge >= 0.3 is 0 Å². The van der Waals surface area contributed by atoms with Gasteiger partial charge < -0.3 is 14.6 Å². The van der Waals surface area contributed by atoms with E-state index in [2.05, 4.69) is 20.4 Å². The van der Waals surface area contributed by atoms with E-state index < -0.39 is 0 Å². The fourth-order valence-electron chi connectivity index (χ4n) is 3.10. The molecule has 1 saturated heterocycles. The summed E-state index contributed by atoms with van der Waals surface area (Å²) in [5.74, 6) is 1.49. The van der Waals surface area contributed by atoms with Crippen molar-refractivity contribution in [2.75, 3.05) is 18.0 Å². The SMILES string of the molecule is O=C(NCc1ccco1)c1cccc(-c2ccc(N3CCCC3)nn2)c1. The fraction of sp³-hybridized carbons (Fsp3) is 0.250. The number of anilines is 1. The summed E-state index contributed by atoms with van der Waals surface area (Å²) in [6, 6.07) is 15.0. The molecule has 1 fully saturated rings. The van der Waals surface area contributed by atoms with Crippen LogP contribution in [0.15, 0.2) is 59.2 Å². The average molecular weight is 348 g/mol. The van der Waals surface area contributed by atoms with Crippen LogP contribution in [0.25, 0.3) is 11.3 Å². The van der Waals surface area contributed by atoms with Crippen molar-refractivity contribution in [3.05, 3.63) is 66.1 Å².